The lowest BCUT2D eigenvalue weighted by Gasteiger charge is -2.07. The Hall–Kier alpha value is -2.63. The molecule has 2 aromatic rings. The SMILES string of the molecule is COC(=O)c1ccccc1NC(=O)c1cc(CC(C)C)on1. The van der Waals surface area contributed by atoms with Crippen molar-refractivity contribution in [2.24, 2.45) is 5.92 Å². The Kier molecular flexibility index (Phi) is 4.93. The minimum atomic E-state index is -0.517. The molecule has 6 heteroatoms. The van der Waals surface area contributed by atoms with Gasteiger partial charge in [0.2, 0.25) is 0 Å². The number of amides is 1. The van der Waals surface area contributed by atoms with E-state index in [1.807, 2.05) is 0 Å². The maximum atomic E-state index is 12.2. The van der Waals surface area contributed by atoms with Gasteiger partial charge in [0, 0.05) is 12.5 Å². The molecule has 0 fully saturated rings. The Labute approximate surface area is 128 Å². The molecular weight excluding hydrogens is 284 g/mol. The van der Waals surface area contributed by atoms with Crippen LogP contribution in [0.25, 0.3) is 0 Å². The van der Waals surface area contributed by atoms with E-state index in [1.165, 1.54) is 7.11 Å². The molecule has 0 bridgehead atoms. The molecule has 0 atom stereocenters. The van der Waals surface area contributed by atoms with Crippen LogP contribution in [0.5, 0.6) is 0 Å². The van der Waals surface area contributed by atoms with E-state index in [4.69, 9.17) is 4.52 Å². The van der Waals surface area contributed by atoms with Crippen molar-refractivity contribution in [3.8, 4) is 0 Å². The fourth-order valence-corrected chi connectivity index (χ4v) is 1.98. The van der Waals surface area contributed by atoms with Crippen LogP contribution in [0, 0.1) is 5.92 Å². The molecule has 22 heavy (non-hydrogen) atoms. The highest BCUT2D eigenvalue weighted by molar-refractivity contribution is 6.07. The second-order valence-corrected chi connectivity index (χ2v) is 5.27. The summed E-state index contributed by atoms with van der Waals surface area (Å²) in [4.78, 5) is 23.9. The van der Waals surface area contributed by atoms with Crippen LogP contribution >= 0.6 is 0 Å². The van der Waals surface area contributed by atoms with E-state index in [1.54, 1.807) is 30.3 Å². The molecule has 1 amide bonds. The molecule has 0 spiro atoms. The van der Waals surface area contributed by atoms with E-state index in [9.17, 15) is 9.59 Å². The van der Waals surface area contributed by atoms with Gasteiger partial charge < -0.3 is 14.6 Å². The Morgan fingerprint density at radius 3 is 2.73 bits per heavy atom. The number of esters is 1. The van der Waals surface area contributed by atoms with Gasteiger partial charge in [-0.2, -0.15) is 0 Å². The van der Waals surface area contributed by atoms with Gasteiger partial charge in [0.25, 0.3) is 5.91 Å². The summed E-state index contributed by atoms with van der Waals surface area (Å²) >= 11 is 0. The molecule has 0 radical (unpaired) electrons. The first-order valence-corrected chi connectivity index (χ1v) is 6.95. The minimum absolute atomic E-state index is 0.176. The summed E-state index contributed by atoms with van der Waals surface area (Å²) in [6.45, 7) is 4.10. The topological polar surface area (TPSA) is 81.4 Å². The van der Waals surface area contributed by atoms with Gasteiger partial charge in [0.1, 0.15) is 5.76 Å². The van der Waals surface area contributed by atoms with Gasteiger partial charge in [-0.05, 0) is 18.1 Å². The number of hydrogen-bond donors (Lipinski definition) is 1. The molecule has 0 aliphatic rings. The standard InChI is InChI=1S/C16H18N2O4/c1-10(2)8-11-9-14(18-22-11)15(19)17-13-7-5-4-6-12(13)16(20)21-3/h4-7,9-10H,8H2,1-3H3,(H,17,19). The van der Waals surface area contributed by atoms with Gasteiger partial charge in [-0.1, -0.05) is 31.1 Å². The van der Waals surface area contributed by atoms with Gasteiger partial charge in [-0.25, -0.2) is 4.79 Å². The van der Waals surface area contributed by atoms with Crippen LogP contribution in [0.4, 0.5) is 5.69 Å². The second-order valence-electron chi connectivity index (χ2n) is 5.27. The zero-order valence-corrected chi connectivity index (χ0v) is 12.8. The van der Waals surface area contributed by atoms with E-state index in [2.05, 4.69) is 29.1 Å². The molecule has 1 aromatic carbocycles. The average Bonchev–Trinajstić information content (AvgIpc) is 2.94. The summed E-state index contributed by atoms with van der Waals surface area (Å²) in [5.41, 5.74) is 0.826. The van der Waals surface area contributed by atoms with E-state index >= 15 is 0 Å². The van der Waals surface area contributed by atoms with Crippen molar-refractivity contribution in [1.29, 1.82) is 0 Å². The summed E-state index contributed by atoms with van der Waals surface area (Å²) in [5, 5.41) is 6.40. The zero-order valence-electron chi connectivity index (χ0n) is 12.8. The van der Waals surface area contributed by atoms with Crippen LogP contribution < -0.4 is 5.32 Å². The monoisotopic (exact) mass is 302 g/mol. The molecule has 1 aromatic heterocycles. The van der Waals surface area contributed by atoms with Crippen molar-refractivity contribution in [1.82, 2.24) is 5.16 Å². The number of hydrogen-bond acceptors (Lipinski definition) is 5. The highest BCUT2D eigenvalue weighted by Crippen LogP contribution is 2.17. The third-order valence-corrected chi connectivity index (χ3v) is 2.98. The molecular formula is C16H18N2O4. The van der Waals surface area contributed by atoms with Crippen molar-refractivity contribution in [2.45, 2.75) is 20.3 Å². The van der Waals surface area contributed by atoms with Gasteiger partial charge >= 0.3 is 5.97 Å². The van der Waals surface area contributed by atoms with Crippen LogP contribution in [-0.2, 0) is 11.2 Å². The van der Waals surface area contributed by atoms with E-state index in [-0.39, 0.29) is 11.3 Å². The van der Waals surface area contributed by atoms with Crippen LogP contribution in [0.1, 0.15) is 40.5 Å². The highest BCUT2D eigenvalue weighted by atomic mass is 16.5. The lowest BCUT2D eigenvalue weighted by atomic mass is 10.1. The van der Waals surface area contributed by atoms with Crippen LogP contribution in [0.3, 0.4) is 0 Å². The number of aromatic nitrogens is 1. The van der Waals surface area contributed by atoms with Crippen molar-refractivity contribution in [3.05, 3.63) is 47.3 Å². The molecule has 1 heterocycles. The maximum absolute atomic E-state index is 12.2. The van der Waals surface area contributed by atoms with E-state index in [0.717, 1.165) is 0 Å². The van der Waals surface area contributed by atoms with Crippen molar-refractivity contribution < 1.29 is 18.8 Å². The molecule has 6 nitrogen and oxygen atoms in total. The molecule has 0 aliphatic heterocycles. The predicted octanol–water partition coefficient (Wildman–Crippen LogP) is 2.91. The molecule has 0 saturated heterocycles. The fraction of sp³-hybridized carbons (Fsp3) is 0.312. The quantitative estimate of drug-likeness (QED) is 0.859. The third kappa shape index (κ3) is 3.72. The molecule has 2 rings (SSSR count). The first-order chi connectivity index (χ1) is 10.5. The van der Waals surface area contributed by atoms with Gasteiger partial charge in [0.15, 0.2) is 5.69 Å². The summed E-state index contributed by atoms with van der Waals surface area (Å²) in [5.74, 6) is 0.108. The van der Waals surface area contributed by atoms with Crippen molar-refractivity contribution in [2.75, 3.05) is 12.4 Å². The molecule has 116 valence electrons. The number of carbonyl (C=O) groups is 2. The van der Waals surface area contributed by atoms with E-state index in [0.29, 0.717) is 23.8 Å². The van der Waals surface area contributed by atoms with Gasteiger partial charge in [-0.3, -0.25) is 4.79 Å². The minimum Gasteiger partial charge on any atom is -0.465 e. The Morgan fingerprint density at radius 1 is 1.32 bits per heavy atom. The summed E-state index contributed by atoms with van der Waals surface area (Å²) in [6.07, 6.45) is 0.707. The van der Waals surface area contributed by atoms with Crippen molar-refractivity contribution >= 4 is 17.6 Å². The lowest BCUT2D eigenvalue weighted by molar-refractivity contribution is 0.0602. The zero-order chi connectivity index (χ0) is 16.1. The van der Waals surface area contributed by atoms with Crippen LogP contribution in [0.2, 0.25) is 0 Å². The second kappa shape index (κ2) is 6.89. The first kappa shape index (κ1) is 15.8. The predicted molar refractivity (Wildman–Crippen MR) is 80.8 cm³/mol. The number of benzene rings is 1. The third-order valence-electron chi connectivity index (χ3n) is 2.98. The molecule has 1 N–H and O–H groups in total. The Bertz CT molecular complexity index is 676. The number of rotatable bonds is 5. The number of ether oxygens (including phenoxy) is 1. The van der Waals surface area contributed by atoms with E-state index < -0.39 is 11.9 Å². The van der Waals surface area contributed by atoms with Crippen LogP contribution in [-0.4, -0.2) is 24.1 Å². The largest absolute Gasteiger partial charge is 0.465 e. The van der Waals surface area contributed by atoms with Crippen LogP contribution in [0.15, 0.2) is 34.9 Å². The number of carbonyl (C=O) groups excluding carboxylic acids is 2. The number of methoxy groups -OCH3 is 1. The smallest absolute Gasteiger partial charge is 0.339 e. The highest BCUT2D eigenvalue weighted by Gasteiger charge is 2.17. The van der Waals surface area contributed by atoms with Gasteiger partial charge in [-0.15, -0.1) is 0 Å². The number of anilines is 1. The summed E-state index contributed by atoms with van der Waals surface area (Å²) < 4.78 is 9.82. The number of nitrogens with zero attached hydrogens (tertiary/aromatic N) is 1. The summed E-state index contributed by atoms with van der Waals surface area (Å²) in [7, 11) is 1.29. The number of para-hydroxylation sites is 1. The fourth-order valence-electron chi connectivity index (χ4n) is 1.98. The summed E-state index contributed by atoms with van der Waals surface area (Å²) in [6, 6.07) is 8.22. The normalized spacial score (nSPS) is 10.5. The maximum Gasteiger partial charge on any atom is 0.339 e. The average molecular weight is 302 g/mol. The van der Waals surface area contributed by atoms with Crippen molar-refractivity contribution in [3.63, 3.8) is 0 Å². The van der Waals surface area contributed by atoms with Gasteiger partial charge in [0.05, 0.1) is 18.4 Å². The Morgan fingerprint density at radius 2 is 2.05 bits per heavy atom. The Balaban J connectivity index is 2.15. The number of nitrogens with one attached hydrogen (secondary N) is 1. The molecule has 0 saturated carbocycles. The molecule has 0 unspecified atom stereocenters. The first-order valence-electron chi connectivity index (χ1n) is 6.95. The molecule has 0 aliphatic carbocycles. The lowest BCUT2D eigenvalue weighted by Crippen LogP contribution is -2.15.